The van der Waals surface area contributed by atoms with E-state index in [0.717, 1.165) is 57.8 Å². The van der Waals surface area contributed by atoms with Gasteiger partial charge < -0.3 is 25.2 Å². The second-order valence-electron chi connectivity index (χ2n) is 15.9. The van der Waals surface area contributed by atoms with Gasteiger partial charge in [-0.1, -0.05) is 198 Å². The Labute approximate surface area is 355 Å². The lowest BCUT2D eigenvalue weighted by atomic mass is 10.0. The van der Waals surface area contributed by atoms with Crippen LogP contribution in [-0.4, -0.2) is 60.5 Å². The number of rotatable bonds is 45. The fourth-order valence-electron chi connectivity index (χ4n) is 6.56. The molecule has 0 aromatic heterocycles. The van der Waals surface area contributed by atoms with Crippen LogP contribution < -0.4 is 5.73 Å². The number of ether oxygens (including phenoxy) is 2. The van der Waals surface area contributed by atoms with Crippen molar-refractivity contribution in [2.24, 2.45) is 5.73 Å². The molecule has 0 rings (SSSR count). The minimum Gasteiger partial charge on any atom is -0.480 e. The van der Waals surface area contributed by atoms with Crippen LogP contribution in [0, 0.1) is 0 Å². The summed E-state index contributed by atoms with van der Waals surface area (Å²) in [4.78, 5) is 33.6. The maximum atomic E-state index is 12.7. The van der Waals surface area contributed by atoms with Gasteiger partial charge in [0.1, 0.15) is 12.1 Å². The van der Waals surface area contributed by atoms with Crippen molar-refractivity contribution in [3.63, 3.8) is 0 Å². The van der Waals surface area contributed by atoms with Crippen molar-refractivity contribution in [3.05, 3.63) is 36.5 Å². The Hall–Kier alpha value is -1.81. The zero-order chi connectivity index (χ0) is 42.6. The van der Waals surface area contributed by atoms with Crippen LogP contribution in [0.3, 0.4) is 0 Å². The highest BCUT2D eigenvalue weighted by Gasteiger charge is 2.27. The van der Waals surface area contributed by atoms with Gasteiger partial charge in [-0.2, -0.15) is 0 Å². The van der Waals surface area contributed by atoms with E-state index in [1.165, 1.54) is 128 Å². The van der Waals surface area contributed by atoms with Crippen LogP contribution in [0.1, 0.15) is 213 Å². The lowest BCUT2D eigenvalue weighted by molar-refractivity contribution is -0.154. The van der Waals surface area contributed by atoms with Crippen LogP contribution in [0.5, 0.6) is 0 Å². The normalized spacial score (nSPS) is 14.1. The monoisotopic (exact) mass is 842 g/mol. The van der Waals surface area contributed by atoms with Gasteiger partial charge in [-0.3, -0.25) is 18.6 Å². The largest absolute Gasteiger partial charge is 0.480 e. The Morgan fingerprint density at radius 1 is 0.569 bits per heavy atom. The molecule has 0 aliphatic rings. The van der Waals surface area contributed by atoms with Crippen molar-refractivity contribution in [1.29, 1.82) is 0 Å². The Balaban J connectivity index is 4.17. The van der Waals surface area contributed by atoms with Crippen LogP contribution >= 0.6 is 7.82 Å². The first-order valence-electron chi connectivity index (χ1n) is 23.5. The number of unbranched alkanes of at least 4 members (excludes halogenated alkanes) is 25. The smallest absolute Gasteiger partial charge is 0.472 e. The molecule has 3 atom stereocenters. The second-order valence-corrected chi connectivity index (χ2v) is 17.3. The number of nitrogens with two attached hydrogens (primary N) is 1. The number of carbonyl (C=O) groups is 2. The number of aliphatic carboxylic acids is 1. The summed E-state index contributed by atoms with van der Waals surface area (Å²) in [5.74, 6) is -1.78. The maximum absolute atomic E-state index is 12.7. The van der Waals surface area contributed by atoms with Crippen molar-refractivity contribution in [2.75, 3.05) is 26.4 Å². The first kappa shape index (κ1) is 56.2. The summed E-state index contributed by atoms with van der Waals surface area (Å²) in [6, 6.07) is -1.47. The quantitative estimate of drug-likeness (QED) is 0.0233. The standard InChI is InChI=1S/C47H88NO9P/c1-3-5-7-9-11-13-15-17-19-21-22-23-24-25-27-29-31-33-35-37-39-46(49)57-44(42-55-58(52,53)56-43-45(48)47(50)51)41-54-40-38-36-34-32-30-28-26-20-18-16-14-12-10-8-6-4-2/h6,8,12,14,18,20,44-45H,3-5,7,9-11,13,15-17,19,21-43,48H2,1-2H3,(H,50,51)(H,52,53)/b8-6-,14-12-,20-18-. The van der Waals surface area contributed by atoms with Gasteiger partial charge in [-0.15, -0.1) is 0 Å². The molecule has 0 amide bonds. The summed E-state index contributed by atoms with van der Waals surface area (Å²) in [6.07, 6.45) is 49.1. The SMILES string of the molecule is CC/C=C\C/C=C\C/C=C\CCCCCCCCOCC(COP(=O)(O)OCC(N)C(=O)O)OC(=O)CCCCCCCCCCCCCCCCCCCCCC. The minimum absolute atomic E-state index is 0.0105. The Bertz CT molecular complexity index is 1070. The Morgan fingerprint density at radius 3 is 1.50 bits per heavy atom. The van der Waals surface area contributed by atoms with Crippen molar-refractivity contribution in [2.45, 2.75) is 225 Å². The van der Waals surface area contributed by atoms with Crippen molar-refractivity contribution in [3.8, 4) is 0 Å². The third-order valence-electron chi connectivity index (χ3n) is 10.2. The first-order chi connectivity index (χ1) is 28.2. The van der Waals surface area contributed by atoms with Crippen molar-refractivity contribution >= 4 is 19.8 Å². The summed E-state index contributed by atoms with van der Waals surface area (Å²) in [7, 11) is -4.62. The number of phosphoric ester groups is 1. The summed E-state index contributed by atoms with van der Waals surface area (Å²) in [6.45, 7) is 3.77. The molecule has 0 spiro atoms. The van der Waals surface area contributed by atoms with Gasteiger partial charge in [-0.25, -0.2) is 4.57 Å². The van der Waals surface area contributed by atoms with Gasteiger partial charge in [0, 0.05) is 13.0 Å². The summed E-state index contributed by atoms with van der Waals surface area (Å²) < 4.78 is 33.4. The van der Waals surface area contributed by atoms with Crippen molar-refractivity contribution in [1.82, 2.24) is 0 Å². The Kier molecular flexibility index (Phi) is 41.9. The third-order valence-corrected chi connectivity index (χ3v) is 11.1. The van der Waals surface area contributed by atoms with E-state index < -0.39 is 45.1 Å². The minimum atomic E-state index is -4.62. The van der Waals surface area contributed by atoms with E-state index in [-0.39, 0.29) is 13.0 Å². The maximum Gasteiger partial charge on any atom is 0.472 e. The number of phosphoric acid groups is 1. The van der Waals surface area contributed by atoms with Gasteiger partial charge >= 0.3 is 19.8 Å². The molecule has 10 nitrogen and oxygen atoms in total. The number of carbonyl (C=O) groups excluding carboxylic acids is 1. The van der Waals surface area contributed by atoms with E-state index in [1.807, 2.05) is 0 Å². The fourth-order valence-corrected chi connectivity index (χ4v) is 7.34. The zero-order valence-corrected chi connectivity index (χ0v) is 38.0. The molecule has 0 bridgehead atoms. The number of carboxylic acid groups (broad SMARTS) is 1. The van der Waals surface area contributed by atoms with E-state index in [1.54, 1.807) is 0 Å². The molecule has 340 valence electrons. The van der Waals surface area contributed by atoms with Crippen molar-refractivity contribution < 1.29 is 42.7 Å². The van der Waals surface area contributed by atoms with Gasteiger partial charge in [0.2, 0.25) is 0 Å². The van der Waals surface area contributed by atoms with E-state index in [4.69, 9.17) is 29.4 Å². The lowest BCUT2D eigenvalue weighted by Gasteiger charge is -2.20. The molecular formula is C47H88NO9P. The lowest BCUT2D eigenvalue weighted by Crippen LogP contribution is -2.34. The molecule has 0 saturated heterocycles. The van der Waals surface area contributed by atoms with Crippen LogP contribution in [-0.2, 0) is 32.7 Å². The molecule has 0 fully saturated rings. The highest BCUT2D eigenvalue weighted by atomic mass is 31.2. The van der Waals surface area contributed by atoms with E-state index in [2.05, 4.69) is 50.3 Å². The fraction of sp³-hybridized carbons (Fsp3) is 0.830. The molecule has 11 heteroatoms. The average molecular weight is 842 g/mol. The second kappa shape index (κ2) is 43.3. The van der Waals surface area contributed by atoms with Crippen LogP contribution in [0.25, 0.3) is 0 Å². The molecule has 0 aromatic carbocycles. The summed E-state index contributed by atoms with van der Waals surface area (Å²) >= 11 is 0. The van der Waals surface area contributed by atoms with Crippen LogP contribution in [0.2, 0.25) is 0 Å². The molecule has 0 radical (unpaired) electrons. The number of carboxylic acids is 1. The molecule has 0 aliphatic carbocycles. The van der Waals surface area contributed by atoms with Gasteiger partial charge in [0.25, 0.3) is 0 Å². The van der Waals surface area contributed by atoms with E-state index in [9.17, 15) is 19.0 Å². The predicted molar refractivity (Wildman–Crippen MR) is 240 cm³/mol. The number of allylic oxidation sites excluding steroid dienone is 6. The van der Waals surface area contributed by atoms with Crippen LogP contribution in [0.4, 0.5) is 0 Å². The van der Waals surface area contributed by atoms with Crippen LogP contribution in [0.15, 0.2) is 36.5 Å². The molecule has 3 unspecified atom stereocenters. The van der Waals surface area contributed by atoms with E-state index >= 15 is 0 Å². The molecule has 4 N–H and O–H groups in total. The first-order valence-corrected chi connectivity index (χ1v) is 25.0. The third kappa shape index (κ3) is 42.3. The number of esters is 1. The van der Waals surface area contributed by atoms with Gasteiger partial charge in [0.05, 0.1) is 19.8 Å². The summed E-state index contributed by atoms with van der Waals surface area (Å²) in [5.41, 5.74) is 5.36. The average Bonchev–Trinajstić information content (AvgIpc) is 3.20. The van der Waals surface area contributed by atoms with Gasteiger partial charge in [0.15, 0.2) is 0 Å². The highest BCUT2D eigenvalue weighted by molar-refractivity contribution is 7.47. The molecule has 0 heterocycles. The molecule has 58 heavy (non-hydrogen) atoms. The topological polar surface area (TPSA) is 155 Å². The molecular weight excluding hydrogens is 753 g/mol. The number of hydrogen-bond acceptors (Lipinski definition) is 8. The highest BCUT2D eigenvalue weighted by Crippen LogP contribution is 2.43. The molecule has 0 aliphatic heterocycles. The predicted octanol–water partition coefficient (Wildman–Crippen LogP) is 13.3. The summed E-state index contributed by atoms with van der Waals surface area (Å²) in [5, 5.41) is 8.91. The van der Waals surface area contributed by atoms with Gasteiger partial charge in [-0.05, 0) is 44.9 Å². The number of hydrogen-bond donors (Lipinski definition) is 3. The Morgan fingerprint density at radius 2 is 1.00 bits per heavy atom. The molecule has 0 saturated carbocycles. The molecule has 0 aromatic rings. The van der Waals surface area contributed by atoms with E-state index in [0.29, 0.717) is 13.0 Å². The zero-order valence-electron chi connectivity index (χ0n) is 37.1.